The first kappa shape index (κ1) is 22.1. The van der Waals surface area contributed by atoms with Crippen molar-refractivity contribution >= 4 is 52.1 Å². The van der Waals surface area contributed by atoms with Gasteiger partial charge in [0.1, 0.15) is 4.88 Å². The molecular formula is C25H17Cl2NO3S. The van der Waals surface area contributed by atoms with Crippen LogP contribution in [0.5, 0.6) is 0 Å². The summed E-state index contributed by atoms with van der Waals surface area (Å²) in [6.45, 7) is 0.184. The fraction of sp³-hybridized carbons (Fsp3) is 0.0400. The number of amides is 1. The zero-order chi connectivity index (χ0) is 22.7. The summed E-state index contributed by atoms with van der Waals surface area (Å²) in [7, 11) is 0. The average Bonchev–Trinajstić information content (AvgIpc) is 3.24. The van der Waals surface area contributed by atoms with Crippen LogP contribution in [0.2, 0.25) is 10.0 Å². The van der Waals surface area contributed by atoms with Crippen LogP contribution < -0.4 is 4.90 Å². The molecule has 0 spiro atoms. The first-order valence-corrected chi connectivity index (χ1v) is 11.2. The molecule has 0 aliphatic heterocycles. The smallest absolute Gasteiger partial charge is 0.348 e. The lowest BCUT2D eigenvalue weighted by molar-refractivity contribution is 0.0703. The van der Waals surface area contributed by atoms with Gasteiger partial charge in [-0.1, -0.05) is 83.9 Å². The number of thiophene rings is 1. The van der Waals surface area contributed by atoms with Crippen molar-refractivity contribution in [3.05, 3.63) is 111 Å². The van der Waals surface area contributed by atoms with Crippen molar-refractivity contribution in [2.45, 2.75) is 6.54 Å². The number of aromatic carboxylic acids is 1. The molecule has 0 saturated carbocycles. The van der Waals surface area contributed by atoms with Crippen molar-refractivity contribution < 1.29 is 14.7 Å². The number of carbonyl (C=O) groups is 2. The molecule has 160 valence electrons. The molecule has 0 aliphatic rings. The first-order valence-electron chi connectivity index (χ1n) is 9.67. The van der Waals surface area contributed by atoms with Crippen molar-refractivity contribution in [1.29, 1.82) is 0 Å². The van der Waals surface area contributed by atoms with Gasteiger partial charge in [-0.3, -0.25) is 4.79 Å². The Labute approximate surface area is 199 Å². The van der Waals surface area contributed by atoms with Crippen molar-refractivity contribution in [2.75, 3.05) is 4.90 Å². The van der Waals surface area contributed by atoms with E-state index in [-0.39, 0.29) is 22.0 Å². The van der Waals surface area contributed by atoms with Gasteiger partial charge >= 0.3 is 5.97 Å². The molecule has 4 rings (SSSR count). The van der Waals surface area contributed by atoms with E-state index in [1.54, 1.807) is 18.2 Å². The summed E-state index contributed by atoms with van der Waals surface area (Å²) in [6.07, 6.45) is 0. The number of carbonyl (C=O) groups excluding carboxylic acids is 1. The summed E-state index contributed by atoms with van der Waals surface area (Å²) in [5, 5.41) is 10.5. The maximum absolute atomic E-state index is 13.6. The lowest BCUT2D eigenvalue weighted by atomic mass is 10.1. The standard InChI is InChI=1S/C25H17Cl2NO3S/c26-18-11-12-19(20(27)13-18)24(29)28(15-16-7-3-1-4-8-16)21-14-22(32-23(21)25(30)31)17-9-5-2-6-10-17/h1-14H,15H2,(H,30,31). The molecule has 0 saturated heterocycles. The predicted octanol–water partition coefficient (Wildman–Crippen LogP) is 7.27. The fourth-order valence-electron chi connectivity index (χ4n) is 3.32. The van der Waals surface area contributed by atoms with E-state index in [1.807, 2.05) is 60.7 Å². The summed E-state index contributed by atoms with van der Waals surface area (Å²) < 4.78 is 0. The molecule has 0 aliphatic carbocycles. The molecule has 1 aromatic heterocycles. The fourth-order valence-corrected chi connectivity index (χ4v) is 4.82. The van der Waals surface area contributed by atoms with Gasteiger partial charge in [-0.15, -0.1) is 11.3 Å². The predicted molar refractivity (Wildman–Crippen MR) is 130 cm³/mol. The summed E-state index contributed by atoms with van der Waals surface area (Å²) in [6, 6.07) is 25.2. The first-order chi connectivity index (χ1) is 15.4. The van der Waals surface area contributed by atoms with E-state index in [9.17, 15) is 14.7 Å². The van der Waals surface area contributed by atoms with Gasteiger partial charge in [-0.05, 0) is 35.4 Å². The Bertz CT molecular complexity index is 1270. The summed E-state index contributed by atoms with van der Waals surface area (Å²) in [4.78, 5) is 28.0. The second-order valence-corrected chi connectivity index (χ2v) is 8.89. The van der Waals surface area contributed by atoms with Gasteiger partial charge in [0, 0.05) is 9.90 Å². The second kappa shape index (κ2) is 9.57. The molecule has 4 nitrogen and oxygen atoms in total. The highest BCUT2D eigenvalue weighted by Gasteiger charge is 2.27. The van der Waals surface area contributed by atoms with E-state index >= 15 is 0 Å². The van der Waals surface area contributed by atoms with E-state index in [2.05, 4.69) is 0 Å². The Morgan fingerprint density at radius 2 is 1.53 bits per heavy atom. The lowest BCUT2D eigenvalue weighted by Gasteiger charge is -2.23. The van der Waals surface area contributed by atoms with Crippen molar-refractivity contribution in [3.8, 4) is 10.4 Å². The summed E-state index contributed by atoms with van der Waals surface area (Å²) in [5.41, 5.74) is 2.30. The van der Waals surface area contributed by atoms with Gasteiger partial charge in [0.25, 0.3) is 5.91 Å². The molecule has 3 aromatic carbocycles. The number of rotatable bonds is 6. The second-order valence-electron chi connectivity index (χ2n) is 7.00. The molecule has 0 atom stereocenters. The van der Waals surface area contributed by atoms with Gasteiger partial charge in [0.05, 0.1) is 22.8 Å². The van der Waals surface area contributed by atoms with Crippen LogP contribution >= 0.6 is 34.5 Å². The Kier molecular flexibility index (Phi) is 6.61. The molecule has 0 radical (unpaired) electrons. The summed E-state index contributed by atoms with van der Waals surface area (Å²) >= 11 is 13.4. The van der Waals surface area contributed by atoms with E-state index in [1.165, 1.54) is 11.0 Å². The van der Waals surface area contributed by atoms with E-state index < -0.39 is 11.9 Å². The van der Waals surface area contributed by atoms with Crippen LogP contribution in [0.4, 0.5) is 5.69 Å². The maximum Gasteiger partial charge on any atom is 0.348 e. The molecule has 4 aromatic rings. The molecule has 0 fully saturated rings. The highest BCUT2D eigenvalue weighted by Crippen LogP contribution is 2.38. The van der Waals surface area contributed by atoms with Crippen LogP contribution in [0.15, 0.2) is 84.9 Å². The number of carboxylic acids is 1. The largest absolute Gasteiger partial charge is 0.477 e. The van der Waals surface area contributed by atoms with Gasteiger partial charge < -0.3 is 10.0 Å². The van der Waals surface area contributed by atoms with Crippen LogP contribution in [0, 0.1) is 0 Å². The summed E-state index contributed by atoms with van der Waals surface area (Å²) in [5.74, 6) is -1.50. The Hall–Kier alpha value is -3.12. The third-order valence-corrected chi connectivity index (χ3v) is 6.56. The zero-order valence-corrected chi connectivity index (χ0v) is 19.0. The van der Waals surface area contributed by atoms with Crippen LogP contribution in [-0.2, 0) is 6.54 Å². The lowest BCUT2D eigenvalue weighted by Crippen LogP contribution is -2.31. The minimum absolute atomic E-state index is 0.0817. The molecule has 1 amide bonds. The van der Waals surface area contributed by atoms with E-state index in [4.69, 9.17) is 23.2 Å². The molecule has 32 heavy (non-hydrogen) atoms. The third-order valence-electron chi connectivity index (χ3n) is 4.85. The quantitative estimate of drug-likeness (QED) is 0.315. The van der Waals surface area contributed by atoms with Crippen LogP contribution in [0.3, 0.4) is 0 Å². The van der Waals surface area contributed by atoms with Crippen LogP contribution in [-0.4, -0.2) is 17.0 Å². The highest BCUT2D eigenvalue weighted by molar-refractivity contribution is 7.18. The maximum atomic E-state index is 13.6. The Morgan fingerprint density at radius 3 is 2.16 bits per heavy atom. The van der Waals surface area contributed by atoms with Crippen LogP contribution in [0.1, 0.15) is 25.6 Å². The normalized spacial score (nSPS) is 10.7. The highest BCUT2D eigenvalue weighted by atomic mass is 35.5. The third kappa shape index (κ3) is 4.70. The van der Waals surface area contributed by atoms with Crippen molar-refractivity contribution in [3.63, 3.8) is 0 Å². The van der Waals surface area contributed by atoms with E-state index in [0.717, 1.165) is 27.3 Å². The number of benzene rings is 3. The number of hydrogen-bond donors (Lipinski definition) is 1. The number of anilines is 1. The minimum atomic E-state index is -1.10. The Morgan fingerprint density at radius 1 is 0.875 bits per heavy atom. The number of nitrogens with zero attached hydrogens (tertiary/aromatic N) is 1. The topological polar surface area (TPSA) is 57.6 Å². The average molecular weight is 482 g/mol. The number of halogens is 2. The zero-order valence-electron chi connectivity index (χ0n) is 16.7. The molecule has 1 heterocycles. The van der Waals surface area contributed by atoms with Gasteiger partial charge in [-0.2, -0.15) is 0 Å². The molecule has 7 heteroatoms. The number of carboxylic acid groups (broad SMARTS) is 1. The van der Waals surface area contributed by atoms with Gasteiger partial charge in [0.2, 0.25) is 0 Å². The van der Waals surface area contributed by atoms with E-state index in [0.29, 0.717) is 10.7 Å². The monoisotopic (exact) mass is 481 g/mol. The molecule has 0 bridgehead atoms. The minimum Gasteiger partial charge on any atom is -0.477 e. The number of hydrogen-bond acceptors (Lipinski definition) is 3. The van der Waals surface area contributed by atoms with Crippen molar-refractivity contribution in [2.24, 2.45) is 0 Å². The van der Waals surface area contributed by atoms with Gasteiger partial charge in [-0.25, -0.2) is 4.79 Å². The van der Waals surface area contributed by atoms with Crippen molar-refractivity contribution in [1.82, 2.24) is 0 Å². The van der Waals surface area contributed by atoms with Crippen LogP contribution in [0.25, 0.3) is 10.4 Å². The SMILES string of the molecule is O=C(O)c1sc(-c2ccccc2)cc1N(Cc1ccccc1)C(=O)c1ccc(Cl)cc1Cl. The molecule has 0 unspecified atom stereocenters. The molecular weight excluding hydrogens is 465 g/mol. The van der Waals surface area contributed by atoms with Gasteiger partial charge in [0.15, 0.2) is 0 Å². The Balaban J connectivity index is 1.85. The molecule has 1 N–H and O–H groups in total.